The monoisotopic (exact) mass is 371 g/mol. The van der Waals surface area contributed by atoms with Crippen LogP contribution in [0, 0.1) is 5.41 Å². The fourth-order valence-corrected chi connectivity index (χ4v) is 3.99. The van der Waals surface area contributed by atoms with Crippen molar-refractivity contribution in [3.8, 4) is 11.5 Å². The normalized spacial score (nSPS) is 23.5. The Morgan fingerprint density at radius 1 is 0.963 bits per heavy atom. The van der Waals surface area contributed by atoms with Crippen LogP contribution in [0.3, 0.4) is 0 Å². The van der Waals surface area contributed by atoms with E-state index in [2.05, 4.69) is 13.8 Å². The third-order valence-corrected chi connectivity index (χ3v) is 4.97. The number of carbonyl (C=O) groups is 1. The van der Waals surface area contributed by atoms with Gasteiger partial charge in [0.15, 0.2) is 17.3 Å². The molecule has 6 heteroatoms. The van der Waals surface area contributed by atoms with Crippen molar-refractivity contribution in [3.63, 3.8) is 0 Å². The predicted octanol–water partition coefficient (Wildman–Crippen LogP) is 3.30. The smallest absolute Gasteiger partial charge is 0.223 e. The molecule has 0 saturated heterocycles. The summed E-state index contributed by atoms with van der Waals surface area (Å²) < 4.78 is 21.9. The van der Waals surface area contributed by atoms with Crippen LogP contribution >= 0.6 is 0 Å². The van der Waals surface area contributed by atoms with Crippen LogP contribution in [-0.4, -0.2) is 45.5 Å². The lowest BCUT2D eigenvalue weighted by Gasteiger charge is -2.34. The molecule has 0 amide bonds. The van der Waals surface area contributed by atoms with Crippen molar-refractivity contribution in [1.82, 2.24) is 0 Å². The van der Waals surface area contributed by atoms with Crippen LogP contribution in [-0.2, 0) is 14.3 Å². The molecular weight excluding hydrogens is 346 g/mol. The van der Waals surface area contributed by atoms with Crippen LogP contribution in [0.5, 0.6) is 11.5 Å². The second-order valence-electron chi connectivity index (χ2n) is 7.25. The fourth-order valence-electron chi connectivity index (χ4n) is 3.99. The molecule has 0 fully saturated rings. The summed E-state index contributed by atoms with van der Waals surface area (Å²) in [5.41, 5.74) is 0.665. The number of nitrogens with zero attached hydrogens (tertiary/aromatic N) is 1. The van der Waals surface area contributed by atoms with Crippen molar-refractivity contribution in [2.24, 2.45) is 10.4 Å². The average Bonchev–Trinajstić information content (AvgIpc) is 2.93. The van der Waals surface area contributed by atoms with Gasteiger partial charge < -0.3 is 18.9 Å². The Bertz CT molecular complexity index is 865. The number of ketones is 1. The zero-order chi connectivity index (χ0) is 19.8. The molecule has 0 unspecified atom stereocenters. The molecule has 2 aliphatic rings. The molecule has 0 saturated carbocycles. The molecular formula is C21H25NO5. The maximum absolute atomic E-state index is 12.3. The van der Waals surface area contributed by atoms with Crippen molar-refractivity contribution in [3.05, 3.63) is 47.4 Å². The summed E-state index contributed by atoms with van der Waals surface area (Å²) in [5, 5.41) is 0. The molecule has 1 aromatic carbocycles. The Morgan fingerprint density at radius 2 is 1.67 bits per heavy atom. The largest absolute Gasteiger partial charge is 0.496 e. The van der Waals surface area contributed by atoms with Crippen molar-refractivity contribution >= 4 is 11.5 Å². The van der Waals surface area contributed by atoms with Crippen molar-refractivity contribution in [2.45, 2.75) is 25.8 Å². The van der Waals surface area contributed by atoms with E-state index < -0.39 is 5.41 Å². The lowest BCUT2D eigenvalue weighted by molar-refractivity contribution is -0.115. The van der Waals surface area contributed by atoms with E-state index in [4.69, 9.17) is 23.9 Å². The van der Waals surface area contributed by atoms with Gasteiger partial charge in [0.25, 0.3) is 0 Å². The first kappa shape index (κ1) is 19.0. The summed E-state index contributed by atoms with van der Waals surface area (Å²) >= 11 is 0. The molecule has 27 heavy (non-hydrogen) atoms. The van der Waals surface area contributed by atoms with Gasteiger partial charge in [-0.3, -0.25) is 9.79 Å². The SMILES string of the molecule is COC1=C(OC)[C@]2(C=CC1=O)CC(C)(C)N=C2c1ccc(OC)c(OC)c1. The van der Waals surface area contributed by atoms with Gasteiger partial charge >= 0.3 is 0 Å². The number of benzene rings is 1. The van der Waals surface area contributed by atoms with E-state index in [1.165, 1.54) is 7.11 Å². The molecule has 1 aromatic rings. The van der Waals surface area contributed by atoms with E-state index in [9.17, 15) is 4.79 Å². The van der Waals surface area contributed by atoms with Gasteiger partial charge in [-0.2, -0.15) is 0 Å². The van der Waals surface area contributed by atoms with E-state index >= 15 is 0 Å². The highest BCUT2D eigenvalue weighted by Gasteiger charge is 2.52. The van der Waals surface area contributed by atoms with Gasteiger partial charge in [0.1, 0.15) is 0 Å². The minimum Gasteiger partial charge on any atom is -0.496 e. The molecule has 1 atom stereocenters. The van der Waals surface area contributed by atoms with Crippen LogP contribution in [0.4, 0.5) is 0 Å². The summed E-state index contributed by atoms with van der Waals surface area (Å²) in [5.74, 6) is 1.74. The van der Waals surface area contributed by atoms with Gasteiger partial charge in [-0.1, -0.05) is 6.08 Å². The third-order valence-electron chi connectivity index (χ3n) is 4.97. The Hall–Kier alpha value is -2.76. The van der Waals surface area contributed by atoms with Crippen molar-refractivity contribution in [2.75, 3.05) is 28.4 Å². The van der Waals surface area contributed by atoms with Crippen LogP contribution in [0.2, 0.25) is 0 Å². The van der Waals surface area contributed by atoms with Crippen LogP contribution in [0.15, 0.2) is 46.9 Å². The Labute approximate surface area is 159 Å². The summed E-state index contributed by atoms with van der Waals surface area (Å²) in [6.45, 7) is 4.12. The van der Waals surface area contributed by atoms with Crippen molar-refractivity contribution in [1.29, 1.82) is 0 Å². The van der Waals surface area contributed by atoms with Gasteiger partial charge in [-0.15, -0.1) is 0 Å². The van der Waals surface area contributed by atoms with Gasteiger partial charge in [0, 0.05) is 5.56 Å². The zero-order valence-electron chi connectivity index (χ0n) is 16.6. The number of hydrogen-bond acceptors (Lipinski definition) is 6. The number of aliphatic imine (C=N–C) groups is 1. The second-order valence-corrected chi connectivity index (χ2v) is 7.25. The maximum atomic E-state index is 12.3. The summed E-state index contributed by atoms with van der Waals surface area (Å²) in [6, 6.07) is 5.68. The van der Waals surface area contributed by atoms with E-state index in [0.29, 0.717) is 23.7 Å². The lowest BCUT2D eigenvalue weighted by Crippen LogP contribution is -2.36. The predicted molar refractivity (Wildman–Crippen MR) is 102 cm³/mol. The number of allylic oxidation sites excluding steroid dienone is 2. The molecule has 1 heterocycles. The van der Waals surface area contributed by atoms with Crippen LogP contribution < -0.4 is 9.47 Å². The average molecular weight is 371 g/mol. The van der Waals surface area contributed by atoms with E-state index in [0.717, 1.165) is 11.3 Å². The second kappa shape index (κ2) is 6.76. The molecule has 0 radical (unpaired) electrons. The zero-order valence-corrected chi connectivity index (χ0v) is 16.6. The molecule has 1 spiro atoms. The number of hydrogen-bond donors (Lipinski definition) is 0. The molecule has 1 aliphatic carbocycles. The number of ether oxygens (including phenoxy) is 4. The first-order valence-corrected chi connectivity index (χ1v) is 8.71. The molecule has 0 N–H and O–H groups in total. The fraction of sp³-hybridized carbons (Fsp3) is 0.429. The van der Waals surface area contributed by atoms with E-state index in [1.807, 2.05) is 24.3 Å². The molecule has 1 aliphatic heterocycles. The first-order valence-electron chi connectivity index (χ1n) is 8.71. The van der Waals surface area contributed by atoms with Gasteiger partial charge in [0.05, 0.1) is 45.1 Å². The molecule has 6 nitrogen and oxygen atoms in total. The summed E-state index contributed by atoms with van der Waals surface area (Å²) in [4.78, 5) is 17.3. The van der Waals surface area contributed by atoms with Gasteiger partial charge in [0.2, 0.25) is 11.5 Å². The van der Waals surface area contributed by atoms with Crippen molar-refractivity contribution < 1.29 is 23.7 Å². The first-order chi connectivity index (χ1) is 12.8. The Morgan fingerprint density at radius 3 is 2.26 bits per heavy atom. The third kappa shape index (κ3) is 2.99. The lowest BCUT2D eigenvalue weighted by atomic mass is 9.71. The summed E-state index contributed by atoms with van der Waals surface area (Å²) in [6.07, 6.45) is 4.07. The molecule has 0 aromatic heterocycles. The minimum absolute atomic E-state index is 0.212. The topological polar surface area (TPSA) is 66.4 Å². The van der Waals surface area contributed by atoms with E-state index in [1.54, 1.807) is 27.4 Å². The molecule has 3 rings (SSSR count). The highest BCUT2D eigenvalue weighted by Crippen LogP contribution is 2.51. The Balaban J connectivity index is 2.23. The van der Waals surface area contributed by atoms with Crippen LogP contribution in [0.25, 0.3) is 0 Å². The molecule has 0 bridgehead atoms. The van der Waals surface area contributed by atoms with Crippen LogP contribution in [0.1, 0.15) is 25.8 Å². The standard InChI is InChI=1S/C21H25NO5/c1-20(2)12-21(10-9-14(23)17(26-5)19(21)27-6)18(22-20)13-7-8-15(24-3)16(11-13)25-4/h7-11H,12H2,1-6H3/t21-/m1/s1. The highest BCUT2D eigenvalue weighted by atomic mass is 16.5. The molecule has 144 valence electrons. The highest BCUT2D eigenvalue weighted by molar-refractivity contribution is 6.14. The maximum Gasteiger partial charge on any atom is 0.223 e. The number of rotatable bonds is 5. The van der Waals surface area contributed by atoms with E-state index in [-0.39, 0.29) is 17.1 Å². The quantitative estimate of drug-likeness (QED) is 0.794. The minimum atomic E-state index is -0.683. The van der Waals surface area contributed by atoms with Gasteiger partial charge in [-0.25, -0.2) is 0 Å². The van der Waals surface area contributed by atoms with Gasteiger partial charge in [-0.05, 0) is 44.5 Å². The summed E-state index contributed by atoms with van der Waals surface area (Å²) in [7, 11) is 6.23. The number of methoxy groups -OCH3 is 4. The Kier molecular flexibility index (Phi) is 4.76. The number of carbonyl (C=O) groups excluding carboxylic acids is 1.